The van der Waals surface area contributed by atoms with Crippen molar-refractivity contribution < 1.29 is 8.78 Å². The molecule has 4 heteroatoms. The topological polar surface area (TPSA) is 6.48 Å². The van der Waals surface area contributed by atoms with E-state index in [1.807, 2.05) is 0 Å². The lowest BCUT2D eigenvalue weighted by molar-refractivity contribution is 0.123. The van der Waals surface area contributed by atoms with E-state index in [2.05, 4.69) is 264 Å². The van der Waals surface area contributed by atoms with Gasteiger partial charge in [-0.2, -0.15) is 0 Å². The quantitative estimate of drug-likeness (QED) is 0.0493. The van der Waals surface area contributed by atoms with Crippen LogP contribution in [0.2, 0.25) is 0 Å². The van der Waals surface area contributed by atoms with Crippen molar-refractivity contribution in [3.63, 3.8) is 0 Å². The number of fused-ring (bicyclic) bond motifs is 5. The molecule has 0 spiro atoms. The van der Waals surface area contributed by atoms with Gasteiger partial charge in [0.1, 0.15) is 11.6 Å². The van der Waals surface area contributed by atoms with Gasteiger partial charge in [0.05, 0.1) is 11.4 Å². The van der Waals surface area contributed by atoms with Crippen LogP contribution in [0.1, 0.15) is 207 Å². The highest BCUT2D eigenvalue weighted by atomic mass is 19.1. The largest absolute Gasteiger partial charge is 0.310 e. The summed E-state index contributed by atoms with van der Waals surface area (Å²) in [7, 11) is 0. The fourth-order valence-electron chi connectivity index (χ4n) is 15.8. The van der Waals surface area contributed by atoms with E-state index in [-0.39, 0.29) is 44.1 Å². The van der Waals surface area contributed by atoms with Gasteiger partial charge in [-0.3, -0.25) is 0 Å². The normalized spacial score (nSPS) is 16.5. The zero-order valence-electron chi connectivity index (χ0n) is 55.7. The van der Waals surface area contributed by atoms with Crippen molar-refractivity contribution in [1.82, 2.24) is 0 Å². The first-order chi connectivity index (χ1) is 42.0. The minimum atomic E-state index is -0.354. The molecule has 2 aliphatic carbocycles. The van der Waals surface area contributed by atoms with Crippen LogP contribution in [0.15, 0.2) is 170 Å². The van der Waals surface area contributed by atoms with Crippen molar-refractivity contribution in [3.05, 3.63) is 215 Å². The van der Waals surface area contributed by atoms with Gasteiger partial charge < -0.3 is 9.80 Å². The molecule has 9 aromatic carbocycles. The summed E-state index contributed by atoms with van der Waals surface area (Å²) >= 11 is 0. The fourth-order valence-corrected chi connectivity index (χ4v) is 15.8. The smallest absolute Gasteiger partial charge is 0.127 e. The number of nitrogens with zero attached hydrogens (tertiary/aromatic N) is 2. The second-order valence-corrected chi connectivity index (χ2v) is 29.3. The molecule has 0 radical (unpaired) electrons. The Labute approximate surface area is 527 Å². The van der Waals surface area contributed by atoms with Crippen molar-refractivity contribution >= 4 is 55.7 Å². The van der Waals surface area contributed by atoms with Gasteiger partial charge in [0.25, 0.3) is 0 Å². The van der Waals surface area contributed by atoms with Gasteiger partial charge in [0.15, 0.2) is 0 Å². The maximum absolute atomic E-state index is 17.2. The molecule has 0 bridgehead atoms. The Bertz CT molecular complexity index is 3730. The third-order valence-corrected chi connectivity index (χ3v) is 23.4. The van der Waals surface area contributed by atoms with Crippen LogP contribution >= 0.6 is 0 Å². The Balaban J connectivity index is 1.12. The summed E-state index contributed by atoms with van der Waals surface area (Å²) in [5, 5.41) is 5.11. The molecule has 0 saturated carbocycles. The summed E-state index contributed by atoms with van der Waals surface area (Å²) in [5.74, 6) is -0.253. The SMILES string of the molecule is CCCCCCCCc1c(CCCCCCCC)c2cc(N(c3ccccc3)c3ccccc3-c3cc(F)c4c(c3)C(C)(C)C(C)(C)C4(C)C)ccc2c2ccc(N(c3ccccc3)c3ccccc3-c3cc(F)c4c(c3)C(C)(C)C(C)(C)C4(C)C)cc12. The van der Waals surface area contributed by atoms with Crippen molar-refractivity contribution in [3.8, 4) is 22.3 Å². The van der Waals surface area contributed by atoms with Crippen LogP contribution in [-0.4, -0.2) is 0 Å². The molecule has 0 atom stereocenters. The first kappa shape index (κ1) is 62.6. The summed E-state index contributed by atoms with van der Waals surface area (Å²) in [5.41, 5.74) is 15.2. The zero-order chi connectivity index (χ0) is 62.6. The summed E-state index contributed by atoms with van der Waals surface area (Å²) in [6, 6.07) is 61.5. The lowest BCUT2D eigenvalue weighted by Gasteiger charge is -2.44. The molecule has 0 aliphatic heterocycles. The molecule has 2 nitrogen and oxygen atoms in total. The summed E-state index contributed by atoms with van der Waals surface area (Å²) in [6.45, 7) is 31.9. The number of hydrogen-bond acceptors (Lipinski definition) is 2. The maximum atomic E-state index is 17.2. The van der Waals surface area contributed by atoms with Gasteiger partial charge in [-0.15, -0.1) is 0 Å². The van der Waals surface area contributed by atoms with E-state index in [0.29, 0.717) is 0 Å². The second kappa shape index (κ2) is 24.4. The molecule has 11 rings (SSSR count). The molecule has 88 heavy (non-hydrogen) atoms. The van der Waals surface area contributed by atoms with Crippen molar-refractivity contribution in [2.24, 2.45) is 10.8 Å². The average molecular weight is 1170 g/mol. The third-order valence-electron chi connectivity index (χ3n) is 23.4. The maximum Gasteiger partial charge on any atom is 0.127 e. The van der Waals surface area contributed by atoms with E-state index in [0.717, 1.165) is 104 Å². The summed E-state index contributed by atoms with van der Waals surface area (Å²) < 4.78 is 34.3. The number of aryl methyl sites for hydroxylation is 2. The first-order valence-electron chi connectivity index (χ1n) is 33.6. The van der Waals surface area contributed by atoms with Gasteiger partial charge in [0.2, 0.25) is 0 Å². The number of hydrogen-bond donors (Lipinski definition) is 0. The van der Waals surface area contributed by atoms with Crippen molar-refractivity contribution in [2.75, 3.05) is 9.80 Å². The van der Waals surface area contributed by atoms with Gasteiger partial charge in [-0.25, -0.2) is 8.78 Å². The minimum absolute atomic E-state index is 0.127. The first-order valence-corrected chi connectivity index (χ1v) is 33.6. The number of unbranched alkanes of at least 4 members (excludes halogenated alkanes) is 10. The Kier molecular flexibility index (Phi) is 17.3. The predicted octanol–water partition coefficient (Wildman–Crippen LogP) is 25.5. The summed E-state index contributed by atoms with van der Waals surface area (Å²) in [6.07, 6.45) is 16.6. The van der Waals surface area contributed by atoms with Crippen LogP contribution in [0.5, 0.6) is 0 Å². The average Bonchev–Trinajstić information content (AvgIpc) is 1.55. The highest BCUT2D eigenvalue weighted by Crippen LogP contribution is 2.64. The van der Waals surface area contributed by atoms with Crippen LogP contribution in [-0.2, 0) is 34.5 Å². The van der Waals surface area contributed by atoms with Crippen LogP contribution in [0.3, 0.4) is 0 Å². The molecule has 0 N–H and O–H groups in total. The predicted molar refractivity (Wildman–Crippen MR) is 375 cm³/mol. The summed E-state index contributed by atoms with van der Waals surface area (Å²) in [4.78, 5) is 4.83. The number of rotatable bonds is 22. The molecular formula is C84H98F2N2. The third kappa shape index (κ3) is 10.6. The Morgan fingerprint density at radius 2 is 0.659 bits per heavy atom. The molecular weight excluding hydrogens is 1070 g/mol. The Hall–Kier alpha value is -7.04. The van der Waals surface area contributed by atoms with E-state index < -0.39 is 0 Å². The molecule has 0 saturated heterocycles. The van der Waals surface area contributed by atoms with Gasteiger partial charge in [-0.1, -0.05) is 258 Å². The second-order valence-electron chi connectivity index (χ2n) is 29.3. The van der Waals surface area contributed by atoms with E-state index in [1.165, 1.54) is 96.9 Å². The van der Waals surface area contributed by atoms with Crippen LogP contribution in [0.25, 0.3) is 43.8 Å². The monoisotopic (exact) mass is 1170 g/mol. The van der Waals surface area contributed by atoms with Gasteiger partial charge in [0, 0.05) is 33.9 Å². The molecule has 0 amide bonds. The van der Waals surface area contributed by atoms with Crippen LogP contribution in [0.4, 0.5) is 42.9 Å². The number of anilines is 6. The molecule has 0 fully saturated rings. The molecule has 9 aromatic rings. The lowest BCUT2D eigenvalue weighted by atomic mass is 9.59. The van der Waals surface area contributed by atoms with Crippen molar-refractivity contribution in [1.29, 1.82) is 0 Å². The van der Waals surface area contributed by atoms with Crippen LogP contribution < -0.4 is 9.80 Å². The standard InChI is InChI=1S/C84H98F2N2/c1-15-17-19-21-23-31-43-65-66(44-32-24-22-20-18-16-2)70-56-62(88(60-39-29-26-30-40-60)76-46-36-34-42-64(76)58-52-72-78(74(86)54-58)82(9,10)84(13,14)80(72,5)6)48-50-68(70)67-49-47-61(55-69(65)67)87(59-37-27-25-28-38-59)75-45-35-33-41-63(75)57-51-71-77(73(85)53-57)81(7,8)83(11,12)79(71,3)4/h25-30,33-42,45-56H,15-24,31-32,43-44H2,1-14H3. The highest BCUT2D eigenvalue weighted by molar-refractivity contribution is 6.13. The van der Waals surface area contributed by atoms with E-state index in [9.17, 15) is 0 Å². The Morgan fingerprint density at radius 3 is 1.03 bits per heavy atom. The van der Waals surface area contributed by atoms with E-state index in [4.69, 9.17) is 0 Å². The minimum Gasteiger partial charge on any atom is -0.310 e. The molecule has 458 valence electrons. The molecule has 0 heterocycles. The number of benzene rings is 9. The fraction of sp³-hybridized carbons (Fsp3) is 0.405. The van der Waals surface area contributed by atoms with Crippen LogP contribution in [0, 0.1) is 22.5 Å². The lowest BCUT2D eigenvalue weighted by Crippen LogP contribution is -2.42. The number of halogens is 2. The molecule has 2 aliphatic rings. The van der Waals surface area contributed by atoms with E-state index in [1.54, 1.807) is 12.1 Å². The van der Waals surface area contributed by atoms with Gasteiger partial charge >= 0.3 is 0 Å². The van der Waals surface area contributed by atoms with E-state index >= 15 is 8.78 Å². The van der Waals surface area contributed by atoms with Crippen molar-refractivity contribution in [2.45, 2.75) is 208 Å². The van der Waals surface area contributed by atoms with Gasteiger partial charge in [-0.05, 0) is 197 Å². The number of para-hydroxylation sites is 4. The zero-order valence-corrected chi connectivity index (χ0v) is 55.7. The Morgan fingerprint density at radius 1 is 0.318 bits per heavy atom. The molecule has 0 unspecified atom stereocenters. The highest BCUT2D eigenvalue weighted by Gasteiger charge is 2.59. The molecule has 0 aromatic heterocycles.